The molecule has 44 heavy (non-hydrogen) atoms. The summed E-state index contributed by atoms with van der Waals surface area (Å²) in [6.07, 6.45) is 8.03. The van der Waals surface area contributed by atoms with E-state index in [0.29, 0.717) is 66.7 Å². The molecule has 3 aliphatic rings. The monoisotopic (exact) mass is 601 g/mol. The van der Waals surface area contributed by atoms with Gasteiger partial charge < -0.3 is 14.4 Å². The number of anilines is 1. The molecule has 0 bridgehead atoms. The molecule has 4 aromatic rings. The minimum absolute atomic E-state index is 0.0263. The summed E-state index contributed by atoms with van der Waals surface area (Å²) in [4.78, 5) is 31.1. The molecule has 230 valence electrons. The van der Waals surface area contributed by atoms with Gasteiger partial charge in [-0.1, -0.05) is 30.3 Å². The fourth-order valence-electron chi connectivity index (χ4n) is 7.47. The number of nitrogens with zero attached hydrogens (tertiary/aromatic N) is 5. The van der Waals surface area contributed by atoms with E-state index in [9.17, 15) is 4.79 Å². The van der Waals surface area contributed by atoms with Gasteiger partial charge in [0, 0.05) is 30.2 Å². The van der Waals surface area contributed by atoms with E-state index in [1.54, 1.807) is 36.5 Å². The Morgan fingerprint density at radius 3 is 2.59 bits per heavy atom. The van der Waals surface area contributed by atoms with Crippen LogP contribution in [0.2, 0.25) is 0 Å². The molecule has 3 saturated heterocycles. The lowest BCUT2D eigenvalue weighted by Gasteiger charge is -2.31. The van der Waals surface area contributed by atoms with Gasteiger partial charge in [0.1, 0.15) is 29.5 Å². The van der Waals surface area contributed by atoms with Crippen LogP contribution in [0.15, 0.2) is 42.6 Å². The molecule has 1 atom stereocenters. The Kier molecular flexibility index (Phi) is 7.78. The van der Waals surface area contributed by atoms with Gasteiger partial charge in [-0.25, -0.2) is 8.78 Å². The second-order valence-electron chi connectivity index (χ2n) is 12.2. The van der Waals surface area contributed by atoms with Gasteiger partial charge in [0.15, 0.2) is 5.82 Å². The number of hydrogen-bond donors (Lipinski definition) is 0. The van der Waals surface area contributed by atoms with Crippen molar-refractivity contribution in [2.24, 2.45) is 5.92 Å². The van der Waals surface area contributed by atoms with Crippen molar-refractivity contribution in [2.45, 2.75) is 57.4 Å². The number of pyridine rings is 1. The third-order valence-electron chi connectivity index (χ3n) is 9.68. The van der Waals surface area contributed by atoms with E-state index in [2.05, 4.69) is 19.8 Å². The molecule has 8 nitrogen and oxygen atoms in total. The first kappa shape index (κ1) is 28.8. The van der Waals surface area contributed by atoms with Crippen molar-refractivity contribution in [1.82, 2.24) is 19.9 Å². The van der Waals surface area contributed by atoms with Crippen molar-refractivity contribution in [3.05, 3.63) is 54.2 Å². The Hall–Kier alpha value is -3.92. The molecule has 3 fully saturated rings. The number of esters is 1. The maximum atomic E-state index is 16.6. The van der Waals surface area contributed by atoms with Crippen molar-refractivity contribution >= 4 is 33.5 Å². The summed E-state index contributed by atoms with van der Waals surface area (Å²) < 4.78 is 43.3. The van der Waals surface area contributed by atoms with Crippen LogP contribution in [0, 0.1) is 17.6 Å². The quantitative estimate of drug-likeness (QED) is 0.229. The number of rotatable bonds is 7. The van der Waals surface area contributed by atoms with Crippen LogP contribution in [0.25, 0.3) is 32.9 Å². The van der Waals surface area contributed by atoms with Crippen molar-refractivity contribution in [1.29, 1.82) is 0 Å². The zero-order valence-electron chi connectivity index (χ0n) is 25.0. The van der Waals surface area contributed by atoms with Crippen LogP contribution < -0.4 is 9.64 Å². The van der Waals surface area contributed by atoms with Crippen LogP contribution in [-0.4, -0.2) is 70.8 Å². The van der Waals surface area contributed by atoms with Gasteiger partial charge in [0.2, 0.25) is 0 Å². The highest BCUT2D eigenvalue weighted by Crippen LogP contribution is 2.40. The van der Waals surface area contributed by atoms with E-state index < -0.39 is 11.6 Å². The predicted octanol–water partition coefficient (Wildman–Crippen LogP) is 6.30. The number of hydrogen-bond acceptors (Lipinski definition) is 8. The molecular formula is C34H37F2N5O3. The lowest BCUT2D eigenvalue weighted by molar-refractivity contribution is -0.148. The SMILES string of the molecule is CCOC(=O)C1CCCN(c2nc(OCC34CCCN3CCC4)nc3c(F)c(-c4cccc5cccc(F)c45)ncc23)CC1. The molecule has 1 unspecified atom stereocenters. The molecule has 0 saturated carbocycles. The summed E-state index contributed by atoms with van der Waals surface area (Å²) in [6, 6.07) is 10.2. The summed E-state index contributed by atoms with van der Waals surface area (Å²) in [6.45, 7) is 5.91. The van der Waals surface area contributed by atoms with Crippen LogP contribution in [0.3, 0.4) is 0 Å². The molecule has 3 aliphatic heterocycles. The number of fused-ring (bicyclic) bond motifs is 3. The molecule has 5 heterocycles. The fraction of sp³-hybridized carbons (Fsp3) is 0.471. The first-order valence-corrected chi connectivity index (χ1v) is 15.8. The standard InChI is InChI=1S/C34H37F2N5O3/c1-2-43-32(42)23-10-5-16-40(19-13-23)31-25-20-37-29(24-11-3-8-22-9-4-12-26(35)27(22)24)28(36)30(25)38-33(39-31)44-21-34-14-6-17-41(34)18-7-15-34/h3-4,8-9,11-12,20,23H,2,5-7,10,13-19,21H2,1H3. The summed E-state index contributed by atoms with van der Waals surface area (Å²) in [5.74, 6) is -0.926. The van der Waals surface area contributed by atoms with Gasteiger partial charge >= 0.3 is 12.0 Å². The first-order chi connectivity index (χ1) is 21.5. The number of ether oxygens (including phenoxy) is 2. The third kappa shape index (κ3) is 5.12. The molecule has 0 spiro atoms. The van der Waals surface area contributed by atoms with E-state index in [1.807, 2.05) is 6.92 Å². The normalized spacial score (nSPS) is 20.2. The van der Waals surface area contributed by atoms with Crippen LogP contribution in [-0.2, 0) is 9.53 Å². The molecule has 2 aromatic carbocycles. The van der Waals surface area contributed by atoms with Gasteiger partial charge in [0.25, 0.3) is 0 Å². The predicted molar refractivity (Wildman–Crippen MR) is 165 cm³/mol. The molecule has 7 rings (SSSR count). The smallest absolute Gasteiger partial charge is 0.319 e. The van der Waals surface area contributed by atoms with Gasteiger partial charge in [-0.2, -0.15) is 9.97 Å². The van der Waals surface area contributed by atoms with Crippen molar-refractivity contribution < 1.29 is 23.0 Å². The third-order valence-corrected chi connectivity index (χ3v) is 9.68. The summed E-state index contributed by atoms with van der Waals surface area (Å²) in [5, 5.41) is 1.43. The van der Waals surface area contributed by atoms with Crippen molar-refractivity contribution in [2.75, 3.05) is 44.3 Å². The lowest BCUT2D eigenvalue weighted by Crippen LogP contribution is -2.43. The number of aromatic nitrogens is 3. The summed E-state index contributed by atoms with van der Waals surface area (Å²) >= 11 is 0. The first-order valence-electron chi connectivity index (χ1n) is 15.8. The van der Waals surface area contributed by atoms with Crippen molar-refractivity contribution in [3.8, 4) is 17.3 Å². The van der Waals surface area contributed by atoms with Gasteiger partial charge in [-0.3, -0.25) is 14.7 Å². The van der Waals surface area contributed by atoms with Gasteiger partial charge in [-0.15, -0.1) is 0 Å². The highest BCUT2D eigenvalue weighted by Gasteiger charge is 2.45. The van der Waals surface area contributed by atoms with E-state index in [0.717, 1.165) is 45.2 Å². The Balaban J connectivity index is 1.30. The Morgan fingerprint density at radius 1 is 1.00 bits per heavy atom. The fourth-order valence-corrected chi connectivity index (χ4v) is 7.47. The molecular weight excluding hydrogens is 564 g/mol. The maximum absolute atomic E-state index is 16.6. The number of benzene rings is 2. The summed E-state index contributed by atoms with van der Waals surface area (Å²) in [7, 11) is 0. The lowest BCUT2D eigenvalue weighted by atomic mass is 9.95. The zero-order chi connectivity index (χ0) is 30.3. The van der Waals surface area contributed by atoms with Crippen LogP contribution in [0.5, 0.6) is 6.01 Å². The topological polar surface area (TPSA) is 80.7 Å². The Labute approximate surface area is 255 Å². The highest BCUT2D eigenvalue weighted by molar-refractivity contribution is 5.99. The molecule has 10 heteroatoms. The van der Waals surface area contributed by atoms with Crippen LogP contribution in [0.4, 0.5) is 14.6 Å². The van der Waals surface area contributed by atoms with E-state index >= 15 is 8.78 Å². The minimum Gasteiger partial charge on any atom is -0.466 e. The number of halogens is 2. The van der Waals surface area contributed by atoms with Crippen LogP contribution >= 0.6 is 0 Å². The molecule has 0 amide bonds. The Bertz CT molecular complexity index is 1700. The second kappa shape index (κ2) is 11.9. The van der Waals surface area contributed by atoms with Gasteiger partial charge in [0.05, 0.1) is 23.4 Å². The molecule has 0 N–H and O–H groups in total. The highest BCUT2D eigenvalue weighted by atomic mass is 19.1. The average Bonchev–Trinajstić information content (AvgIpc) is 3.51. The number of carbonyl (C=O) groups is 1. The number of carbonyl (C=O) groups excluding carboxylic acids is 1. The Morgan fingerprint density at radius 2 is 1.80 bits per heavy atom. The van der Waals surface area contributed by atoms with E-state index in [1.165, 1.54) is 6.07 Å². The molecule has 0 radical (unpaired) electrons. The average molecular weight is 602 g/mol. The van der Waals surface area contributed by atoms with Gasteiger partial charge in [-0.05, 0) is 76.4 Å². The van der Waals surface area contributed by atoms with Crippen molar-refractivity contribution in [3.63, 3.8) is 0 Å². The van der Waals surface area contributed by atoms with Crippen LogP contribution in [0.1, 0.15) is 51.9 Å². The minimum atomic E-state index is -0.646. The van der Waals surface area contributed by atoms with E-state index in [4.69, 9.17) is 14.5 Å². The summed E-state index contributed by atoms with van der Waals surface area (Å²) in [5.41, 5.74) is 0.442. The molecule has 2 aromatic heterocycles. The van der Waals surface area contributed by atoms with E-state index in [-0.39, 0.29) is 34.6 Å². The zero-order valence-corrected chi connectivity index (χ0v) is 25.0. The second-order valence-corrected chi connectivity index (χ2v) is 12.2. The molecule has 0 aliphatic carbocycles. The maximum Gasteiger partial charge on any atom is 0.319 e. The largest absolute Gasteiger partial charge is 0.466 e.